The molecule has 8 nitrogen and oxygen atoms in total. The molecule has 228 valence electrons. The third kappa shape index (κ3) is 8.61. The summed E-state index contributed by atoms with van der Waals surface area (Å²) in [5.41, 5.74) is 8.84. The first-order valence-corrected chi connectivity index (χ1v) is 15.6. The minimum absolute atomic E-state index is 0.169. The van der Waals surface area contributed by atoms with Gasteiger partial charge in [0, 0.05) is 32.9 Å². The molecular weight excluding hydrogens is 653 g/mol. The van der Waals surface area contributed by atoms with Crippen LogP contribution < -0.4 is 20.8 Å². The van der Waals surface area contributed by atoms with Crippen molar-refractivity contribution in [3.05, 3.63) is 122 Å². The van der Waals surface area contributed by atoms with E-state index in [9.17, 15) is 9.59 Å². The molecule has 0 bridgehead atoms. The quantitative estimate of drug-likeness (QED) is 0.101. The van der Waals surface area contributed by atoms with Crippen LogP contribution in [0.25, 0.3) is 11.3 Å². The van der Waals surface area contributed by atoms with Crippen LogP contribution in [0.15, 0.2) is 89.3 Å². The molecular formula is C33H26Cl3N5O3S. The standard InChI is InChI=1S/C33H26Cl3N5O3S/c1-19-3-10-26(13-20(19)2)38-30(42)17-44-31-27(35)14-21(15-28(31)36)16-37-41-32(43)23-6-4-22(5-7-23)29-18-45-33(40-29)39-25-11-8-24(34)9-12-25/h3-16,18H,17H2,1-2H3,(H,38,42)(H,39,40)(H,41,43)/b37-16-. The number of aryl methyl sites for hydroxylation is 2. The number of rotatable bonds is 10. The molecule has 0 aliphatic carbocycles. The fourth-order valence-corrected chi connectivity index (χ4v) is 5.57. The molecule has 1 heterocycles. The van der Waals surface area contributed by atoms with Crippen molar-refractivity contribution in [2.45, 2.75) is 13.8 Å². The number of anilines is 3. The summed E-state index contributed by atoms with van der Waals surface area (Å²) >= 11 is 20.1. The van der Waals surface area contributed by atoms with Crippen LogP contribution in [0.3, 0.4) is 0 Å². The molecule has 0 spiro atoms. The van der Waals surface area contributed by atoms with Crippen molar-refractivity contribution in [1.29, 1.82) is 0 Å². The molecule has 4 aromatic carbocycles. The Balaban J connectivity index is 1.13. The number of thiazole rings is 1. The Kier molecular flexibility index (Phi) is 10.4. The van der Waals surface area contributed by atoms with E-state index in [0.717, 1.165) is 33.2 Å². The zero-order valence-corrected chi connectivity index (χ0v) is 27.1. The summed E-state index contributed by atoms with van der Waals surface area (Å²) in [7, 11) is 0. The van der Waals surface area contributed by atoms with Gasteiger partial charge in [-0.2, -0.15) is 5.10 Å². The van der Waals surface area contributed by atoms with Gasteiger partial charge in [-0.3, -0.25) is 9.59 Å². The van der Waals surface area contributed by atoms with Crippen LogP contribution in [0.2, 0.25) is 15.1 Å². The van der Waals surface area contributed by atoms with Crippen molar-refractivity contribution >= 4 is 80.7 Å². The Labute approximate surface area is 279 Å². The van der Waals surface area contributed by atoms with Gasteiger partial charge in [0.25, 0.3) is 11.8 Å². The maximum atomic E-state index is 12.6. The van der Waals surface area contributed by atoms with Crippen LogP contribution in [0, 0.1) is 13.8 Å². The van der Waals surface area contributed by atoms with E-state index >= 15 is 0 Å². The molecule has 3 N–H and O–H groups in total. The van der Waals surface area contributed by atoms with Crippen molar-refractivity contribution in [2.24, 2.45) is 5.10 Å². The molecule has 0 atom stereocenters. The van der Waals surface area contributed by atoms with E-state index in [1.807, 2.05) is 61.7 Å². The Morgan fingerprint density at radius 2 is 1.58 bits per heavy atom. The first-order chi connectivity index (χ1) is 21.6. The second kappa shape index (κ2) is 14.6. The van der Waals surface area contributed by atoms with E-state index in [1.165, 1.54) is 17.6 Å². The van der Waals surface area contributed by atoms with Gasteiger partial charge in [-0.15, -0.1) is 11.3 Å². The van der Waals surface area contributed by atoms with Gasteiger partial charge in [-0.1, -0.05) is 53.0 Å². The zero-order chi connectivity index (χ0) is 31.9. The van der Waals surface area contributed by atoms with E-state index in [-0.39, 0.29) is 28.3 Å². The molecule has 5 rings (SSSR count). The summed E-state index contributed by atoms with van der Waals surface area (Å²) in [6.45, 7) is 3.69. The zero-order valence-electron chi connectivity index (χ0n) is 24.0. The minimum atomic E-state index is -0.395. The summed E-state index contributed by atoms with van der Waals surface area (Å²) in [5, 5.41) is 13.8. The monoisotopic (exact) mass is 677 g/mol. The highest BCUT2D eigenvalue weighted by molar-refractivity contribution is 7.14. The molecule has 0 radical (unpaired) electrons. The highest BCUT2D eigenvalue weighted by atomic mass is 35.5. The lowest BCUT2D eigenvalue weighted by atomic mass is 10.1. The van der Waals surface area contributed by atoms with Crippen LogP contribution in [-0.2, 0) is 4.79 Å². The van der Waals surface area contributed by atoms with E-state index in [1.54, 1.807) is 36.4 Å². The number of aromatic nitrogens is 1. The van der Waals surface area contributed by atoms with Gasteiger partial charge in [0.1, 0.15) is 0 Å². The number of carbonyl (C=O) groups excluding carboxylic acids is 2. The van der Waals surface area contributed by atoms with Crippen molar-refractivity contribution in [3.63, 3.8) is 0 Å². The second-order valence-corrected chi connectivity index (χ2v) is 12.0. The third-order valence-electron chi connectivity index (χ3n) is 6.58. The smallest absolute Gasteiger partial charge is 0.271 e. The van der Waals surface area contributed by atoms with Gasteiger partial charge < -0.3 is 15.4 Å². The summed E-state index contributed by atoms with van der Waals surface area (Å²) in [5.74, 6) is -0.579. The number of hydrazone groups is 1. The van der Waals surface area contributed by atoms with Crippen LogP contribution in [0.5, 0.6) is 5.75 Å². The number of amides is 2. The molecule has 0 unspecified atom stereocenters. The molecule has 45 heavy (non-hydrogen) atoms. The van der Waals surface area contributed by atoms with Gasteiger partial charge in [0.05, 0.1) is 22.0 Å². The molecule has 0 aliphatic heterocycles. The maximum absolute atomic E-state index is 12.6. The number of nitrogens with one attached hydrogen (secondary N) is 3. The predicted octanol–water partition coefficient (Wildman–Crippen LogP) is 8.91. The lowest BCUT2D eigenvalue weighted by Gasteiger charge is -2.12. The summed E-state index contributed by atoms with van der Waals surface area (Å²) in [6.07, 6.45) is 1.41. The van der Waals surface area contributed by atoms with Gasteiger partial charge in [-0.05, 0) is 91.2 Å². The molecule has 5 aromatic rings. The highest BCUT2D eigenvalue weighted by Crippen LogP contribution is 2.34. The fourth-order valence-electron chi connectivity index (χ4n) is 4.09. The van der Waals surface area contributed by atoms with Crippen LogP contribution in [-0.4, -0.2) is 29.6 Å². The average molecular weight is 679 g/mol. The van der Waals surface area contributed by atoms with E-state index in [0.29, 0.717) is 21.8 Å². The lowest BCUT2D eigenvalue weighted by Crippen LogP contribution is -2.20. The number of nitrogens with zero attached hydrogens (tertiary/aromatic N) is 2. The Hall–Kier alpha value is -4.41. The van der Waals surface area contributed by atoms with Gasteiger partial charge in [0.15, 0.2) is 17.5 Å². The summed E-state index contributed by atoms with van der Waals surface area (Å²) < 4.78 is 5.58. The number of hydrogen-bond donors (Lipinski definition) is 3. The largest absolute Gasteiger partial charge is 0.481 e. The topological polar surface area (TPSA) is 105 Å². The molecule has 12 heteroatoms. The van der Waals surface area contributed by atoms with Gasteiger partial charge in [-0.25, -0.2) is 10.4 Å². The van der Waals surface area contributed by atoms with Gasteiger partial charge >= 0.3 is 0 Å². The molecule has 0 saturated carbocycles. The Morgan fingerprint density at radius 3 is 2.27 bits per heavy atom. The molecule has 1 aromatic heterocycles. The molecule has 0 fully saturated rings. The molecule has 0 saturated heterocycles. The van der Waals surface area contributed by atoms with Crippen LogP contribution in [0.1, 0.15) is 27.0 Å². The number of ether oxygens (including phenoxy) is 1. The van der Waals surface area contributed by atoms with Crippen molar-refractivity contribution in [3.8, 4) is 17.0 Å². The minimum Gasteiger partial charge on any atom is -0.481 e. The van der Waals surface area contributed by atoms with Crippen molar-refractivity contribution < 1.29 is 14.3 Å². The average Bonchev–Trinajstić information content (AvgIpc) is 3.48. The van der Waals surface area contributed by atoms with E-state index in [4.69, 9.17) is 39.5 Å². The number of halogens is 3. The normalized spacial score (nSPS) is 11.0. The van der Waals surface area contributed by atoms with Crippen LogP contribution in [0.4, 0.5) is 16.5 Å². The first-order valence-electron chi connectivity index (χ1n) is 13.6. The lowest BCUT2D eigenvalue weighted by molar-refractivity contribution is -0.118. The third-order valence-corrected chi connectivity index (χ3v) is 8.15. The SMILES string of the molecule is Cc1ccc(NC(=O)COc2c(Cl)cc(/C=N\NC(=O)c3ccc(-c4csc(Nc5ccc(Cl)cc5)n4)cc3)cc2Cl)cc1C. The summed E-state index contributed by atoms with van der Waals surface area (Å²) in [6, 6.07) is 23.2. The van der Waals surface area contributed by atoms with Gasteiger partial charge in [0.2, 0.25) is 0 Å². The Morgan fingerprint density at radius 1 is 0.889 bits per heavy atom. The first kappa shape index (κ1) is 32.0. The number of hydrogen-bond acceptors (Lipinski definition) is 7. The number of carbonyl (C=O) groups is 2. The molecule has 0 aliphatic rings. The number of benzene rings is 4. The predicted molar refractivity (Wildman–Crippen MR) is 184 cm³/mol. The summed E-state index contributed by atoms with van der Waals surface area (Å²) in [4.78, 5) is 29.6. The molecule has 2 amide bonds. The Bertz CT molecular complexity index is 1850. The van der Waals surface area contributed by atoms with E-state index < -0.39 is 5.91 Å². The second-order valence-electron chi connectivity index (χ2n) is 9.90. The fraction of sp³-hybridized carbons (Fsp3) is 0.0909. The van der Waals surface area contributed by atoms with Crippen molar-refractivity contribution in [1.82, 2.24) is 10.4 Å². The maximum Gasteiger partial charge on any atom is 0.271 e. The highest BCUT2D eigenvalue weighted by Gasteiger charge is 2.13. The van der Waals surface area contributed by atoms with E-state index in [2.05, 4.69) is 26.1 Å². The van der Waals surface area contributed by atoms with Crippen molar-refractivity contribution in [2.75, 3.05) is 17.2 Å². The van der Waals surface area contributed by atoms with Crippen LogP contribution >= 0.6 is 46.1 Å².